The van der Waals surface area contributed by atoms with Crippen LogP contribution in [0.4, 0.5) is 14.5 Å². The van der Waals surface area contributed by atoms with Crippen LogP contribution in [0.2, 0.25) is 0 Å². The molecule has 26 heavy (non-hydrogen) atoms. The smallest absolute Gasteiger partial charge is 0.387 e. The van der Waals surface area contributed by atoms with Gasteiger partial charge in [-0.2, -0.15) is 8.78 Å². The zero-order chi connectivity index (χ0) is 18.9. The first-order valence-electron chi connectivity index (χ1n) is 7.73. The number of para-hydroxylation sites is 1. The standard InChI is InChI=1S/C18H18F2N2O4/c1-25-11-10-21-17(24)14-4-2-3-5-15(14)22-16(23)12-6-8-13(9-7-12)26-18(19)20/h2-9,18H,10-11H2,1H3,(H,21,24)(H,22,23). The van der Waals surface area contributed by atoms with Crippen LogP contribution in [0, 0.1) is 0 Å². The molecule has 0 heterocycles. The van der Waals surface area contributed by atoms with Gasteiger partial charge in [0.05, 0.1) is 17.9 Å². The highest BCUT2D eigenvalue weighted by molar-refractivity contribution is 6.09. The zero-order valence-electron chi connectivity index (χ0n) is 14.0. The van der Waals surface area contributed by atoms with Gasteiger partial charge in [0.25, 0.3) is 11.8 Å². The number of amides is 2. The fraction of sp³-hybridized carbons (Fsp3) is 0.222. The number of benzene rings is 2. The molecule has 0 atom stereocenters. The van der Waals surface area contributed by atoms with Crippen LogP contribution in [0.5, 0.6) is 5.75 Å². The lowest BCUT2D eigenvalue weighted by molar-refractivity contribution is -0.0498. The first-order valence-corrected chi connectivity index (χ1v) is 7.73. The molecule has 2 amide bonds. The van der Waals surface area contributed by atoms with Gasteiger partial charge in [-0.05, 0) is 36.4 Å². The number of rotatable bonds is 8. The van der Waals surface area contributed by atoms with Crippen molar-refractivity contribution in [2.24, 2.45) is 0 Å². The van der Waals surface area contributed by atoms with E-state index in [1.807, 2.05) is 0 Å². The van der Waals surface area contributed by atoms with Crippen LogP contribution in [-0.4, -0.2) is 38.7 Å². The molecular weight excluding hydrogens is 346 g/mol. The van der Waals surface area contributed by atoms with Gasteiger partial charge in [-0.15, -0.1) is 0 Å². The van der Waals surface area contributed by atoms with E-state index in [0.29, 0.717) is 24.4 Å². The van der Waals surface area contributed by atoms with Crippen molar-refractivity contribution in [1.29, 1.82) is 0 Å². The van der Waals surface area contributed by atoms with E-state index in [9.17, 15) is 18.4 Å². The lowest BCUT2D eigenvalue weighted by atomic mass is 10.1. The van der Waals surface area contributed by atoms with Gasteiger partial charge in [-0.25, -0.2) is 0 Å². The van der Waals surface area contributed by atoms with Crippen molar-refractivity contribution in [3.8, 4) is 5.75 Å². The average molecular weight is 364 g/mol. The number of nitrogens with one attached hydrogen (secondary N) is 2. The molecule has 2 aromatic carbocycles. The molecule has 0 aliphatic heterocycles. The molecule has 0 aliphatic carbocycles. The summed E-state index contributed by atoms with van der Waals surface area (Å²) in [7, 11) is 1.53. The number of hydrogen-bond acceptors (Lipinski definition) is 4. The summed E-state index contributed by atoms with van der Waals surface area (Å²) in [6, 6.07) is 11.8. The van der Waals surface area contributed by atoms with E-state index in [1.165, 1.54) is 31.4 Å². The number of ether oxygens (including phenoxy) is 2. The molecule has 0 aliphatic rings. The summed E-state index contributed by atoms with van der Waals surface area (Å²) < 4.78 is 33.4. The molecule has 0 spiro atoms. The van der Waals surface area contributed by atoms with Gasteiger partial charge in [0.1, 0.15) is 5.75 Å². The van der Waals surface area contributed by atoms with Crippen molar-refractivity contribution in [3.05, 3.63) is 59.7 Å². The van der Waals surface area contributed by atoms with Gasteiger partial charge >= 0.3 is 6.61 Å². The normalized spacial score (nSPS) is 10.5. The van der Waals surface area contributed by atoms with Crippen LogP contribution in [-0.2, 0) is 4.74 Å². The molecule has 2 aromatic rings. The quantitative estimate of drug-likeness (QED) is 0.706. The van der Waals surface area contributed by atoms with E-state index in [1.54, 1.807) is 24.3 Å². The van der Waals surface area contributed by atoms with Crippen LogP contribution >= 0.6 is 0 Å². The Bertz CT molecular complexity index is 751. The highest BCUT2D eigenvalue weighted by Crippen LogP contribution is 2.18. The summed E-state index contributed by atoms with van der Waals surface area (Å²) in [5.74, 6) is -0.876. The summed E-state index contributed by atoms with van der Waals surface area (Å²) in [6.45, 7) is -2.23. The molecule has 8 heteroatoms. The molecule has 0 saturated carbocycles. The SMILES string of the molecule is COCCNC(=O)c1ccccc1NC(=O)c1ccc(OC(F)F)cc1. The minimum Gasteiger partial charge on any atom is -0.435 e. The van der Waals surface area contributed by atoms with E-state index in [0.717, 1.165) is 0 Å². The second-order valence-electron chi connectivity index (χ2n) is 5.15. The lowest BCUT2D eigenvalue weighted by Gasteiger charge is -2.12. The van der Waals surface area contributed by atoms with Gasteiger partial charge in [0.15, 0.2) is 0 Å². The first kappa shape index (κ1) is 19.3. The van der Waals surface area contributed by atoms with Crippen LogP contribution < -0.4 is 15.4 Å². The topological polar surface area (TPSA) is 76.7 Å². The predicted octanol–water partition coefficient (Wildman–Crippen LogP) is 2.92. The number of carbonyl (C=O) groups excluding carboxylic acids is 2. The third-order valence-corrected chi connectivity index (χ3v) is 3.35. The van der Waals surface area contributed by atoms with E-state index >= 15 is 0 Å². The predicted molar refractivity (Wildman–Crippen MR) is 91.7 cm³/mol. The molecule has 0 fully saturated rings. The lowest BCUT2D eigenvalue weighted by Crippen LogP contribution is -2.28. The number of hydrogen-bond donors (Lipinski definition) is 2. The number of alkyl halides is 2. The summed E-state index contributed by atoms with van der Waals surface area (Å²) in [5, 5.41) is 5.31. The fourth-order valence-electron chi connectivity index (χ4n) is 2.13. The molecule has 2 N–H and O–H groups in total. The summed E-state index contributed by atoms with van der Waals surface area (Å²) in [5.41, 5.74) is 0.871. The van der Waals surface area contributed by atoms with Crippen molar-refractivity contribution in [2.75, 3.05) is 25.6 Å². The first-order chi connectivity index (χ1) is 12.5. The van der Waals surface area contributed by atoms with Crippen molar-refractivity contribution >= 4 is 17.5 Å². The minimum absolute atomic E-state index is 0.0468. The summed E-state index contributed by atoms with van der Waals surface area (Å²) in [4.78, 5) is 24.5. The molecule has 0 bridgehead atoms. The Morgan fingerprint density at radius 3 is 2.38 bits per heavy atom. The van der Waals surface area contributed by atoms with Crippen molar-refractivity contribution in [3.63, 3.8) is 0 Å². The summed E-state index contributed by atoms with van der Waals surface area (Å²) in [6.07, 6.45) is 0. The molecule has 6 nitrogen and oxygen atoms in total. The number of methoxy groups -OCH3 is 1. The molecule has 2 rings (SSSR count). The van der Waals surface area contributed by atoms with E-state index in [-0.39, 0.29) is 17.2 Å². The Morgan fingerprint density at radius 1 is 1.04 bits per heavy atom. The second kappa shape index (κ2) is 9.47. The average Bonchev–Trinajstić information content (AvgIpc) is 2.62. The van der Waals surface area contributed by atoms with Gasteiger partial charge in [0.2, 0.25) is 0 Å². The maximum atomic E-state index is 12.3. The minimum atomic E-state index is -2.93. The van der Waals surface area contributed by atoms with Crippen LogP contribution in [0.1, 0.15) is 20.7 Å². The Hall–Kier alpha value is -3.00. The van der Waals surface area contributed by atoms with Crippen molar-refractivity contribution < 1.29 is 27.8 Å². The van der Waals surface area contributed by atoms with Crippen LogP contribution in [0.3, 0.4) is 0 Å². The summed E-state index contributed by atoms with van der Waals surface area (Å²) >= 11 is 0. The van der Waals surface area contributed by atoms with E-state index in [2.05, 4.69) is 15.4 Å². The third kappa shape index (κ3) is 5.52. The maximum absolute atomic E-state index is 12.3. The van der Waals surface area contributed by atoms with E-state index < -0.39 is 12.5 Å². The third-order valence-electron chi connectivity index (χ3n) is 3.35. The number of anilines is 1. The fourth-order valence-corrected chi connectivity index (χ4v) is 2.13. The maximum Gasteiger partial charge on any atom is 0.387 e. The van der Waals surface area contributed by atoms with Crippen molar-refractivity contribution in [2.45, 2.75) is 6.61 Å². The number of halogens is 2. The van der Waals surface area contributed by atoms with Gasteiger partial charge in [-0.1, -0.05) is 12.1 Å². The second-order valence-corrected chi connectivity index (χ2v) is 5.15. The molecule has 0 aromatic heterocycles. The van der Waals surface area contributed by atoms with Crippen LogP contribution in [0.25, 0.3) is 0 Å². The molecule has 138 valence electrons. The van der Waals surface area contributed by atoms with Crippen LogP contribution in [0.15, 0.2) is 48.5 Å². The zero-order valence-corrected chi connectivity index (χ0v) is 14.0. The molecular formula is C18H18F2N2O4. The Balaban J connectivity index is 2.08. The number of carbonyl (C=O) groups is 2. The Labute approximate surface area is 149 Å². The highest BCUT2D eigenvalue weighted by Gasteiger charge is 2.14. The van der Waals surface area contributed by atoms with Gasteiger partial charge in [-0.3, -0.25) is 9.59 Å². The van der Waals surface area contributed by atoms with Gasteiger partial charge in [0, 0.05) is 19.2 Å². The van der Waals surface area contributed by atoms with Gasteiger partial charge < -0.3 is 20.1 Å². The largest absolute Gasteiger partial charge is 0.435 e. The Morgan fingerprint density at radius 2 is 1.73 bits per heavy atom. The Kier molecular flexibility index (Phi) is 7.04. The molecule has 0 unspecified atom stereocenters. The molecule has 0 saturated heterocycles. The van der Waals surface area contributed by atoms with Crippen molar-refractivity contribution in [1.82, 2.24) is 5.32 Å². The highest BCUT2D eigenvalue weighted by atomic mass is 19.3. The van der Waals surface area contributed by atoms with E-state index in [4.69, 9.17) is 4.74 Å². The molecule has 0 radical (unpaired) electrons. The monoisotopic (exact) mass is 364 g/mol.